The van der Waals surface area contributed by atoms with Gasteiger partial charge in [-0.15, -0.1) is 0 Å². The van der Waals surface area contributed by atoms with E-state index in [2.05, 4.69) is 41.4 Å². The van der Waals surface area contributed by atoms with Gasteiger partial charge in [0.25, 0.3) is 0 Å². The van der Waals surface area contributed by atoms with Gasteiger partial charge in [-0.05, 0) is 46.0 Å². The Kier molecular flexibility index (Phi) is 4.62. The summed E-state index contributed by atoms with van der Waals surface area (Å²) >= 11 is 0. The van der Waals surface area contributed by atoms with Crippen LogP contribution >= 0.6 is 0 Å². The van der Waals surface area contributed by atoms with Gasteiger partial charge < -0.3 is 4.90 Å². The maximum absolute atomic E-state index is 5.01. The van der Waals surface area contributed by atoms with Crippen LogP contribution in [0.5, 0.6) is 0 Å². The van der Waals surface area contributed by atoms with Crippen molar-refractivity contribution >= 4 is 5.95 Å². The van der Waals surface area contributed by atoms with E-state index in [0.717, 1.165) is 45.0 Å². The van der Waals surface area contributed by atoms with Crippen LogP contribution < -0.4 is 4.90 Å². The average molecular weight is 381 g/mol. The maximum atomic E-state index is 5.01. The molecule has 2 aromatic heterocycles. The third kappa shape index (κ3) is 2.93. The Morgan fingerprint density at radius 3 is 2.75 bits per heavy atom. The van der Waals surface area contributed by atoms with Crippen LogP contribution in [0.2, 0.25) is 0 Å². The molecule has 2 aromatic rings. The van der Waals surface area contributed by atoms with Crippen LogP contribution in [0, 0.1) is 13.8 Å². The predicted molar refractivity (Wildman–Crippen MR) is 110 cm³/mol. The molecule has 5 rings (SSSR count). The number of aryl methyl sites for hydroxylation is 2. The first-order valence-corrected chi connectivity index (χ1v) is 11.0. The average Bonchev–Trinajstić information content (AvgIpc) is 3.38. The number of anilines is 1. The van der Waals surface area contributed by atoms with Crippen molar-refractivity contribution in [3.8, 4) is 0 Å². The first-order chi connectivity index (χ1) is 13.7. The highest BCUT2D eigenvalue weighted by Gasteiger charge is 2.41. The van der Waals surface area contributed by atoms with Crippen LogP contribution in [0.1, 0.15) is 73.3 Å². The van der Waals surface area contributed by atoms with Crippen LogP contribution in [0.3, 0.4) is 0 Å². The predicted octanol–water partition coefficient (Wildman–Crippen LogP) is 3.56. The molecular weight excluding hydrogens is 348 g/mol. The molecule has 150 valence electrons. The number of hydrogen-bond donors (Lipinski definition) is 0. The summed E-state index contributed by atoms with van der Waals surface area (Å²) in [5, 5.41) is 4.80. The van der Waals surface area contributed by atoms with E-state index in [4.69, 9.17) is 15.1 Å². The fourth-order valence-electron chi connectivity index (χ4n) is 5.45. The van der Waals surface area contributed by atoms with Gasteiger partial charge in [0.1, 0.15) is 0 Å². The largest absolute Gasteiger partial charge is 0.341 e. The molecule has 6 nitrogen and oxygen atoms in total. The molecule has 0 radical (unpaired) electrons. The summed E-state index contributed by atoms with van der Waals surface area (Å²) in [5.74, 6) is 0.955. The van der Waals surface area contributed by atoms with E-state index in [1.54, 1.807) is 0 Å². The van der Waals surface area contributed by atoms with Gasteiger partial charge in [-0.1, -0.05) is 6.92 Å². The molecule has 3 aliphatic heterocycles. The van der Waals surface area contributed by atoms with Crippen molar-refractivity contribution < 1.29 is 0 Å². The lowest BCUT2D eigenvalue weighted by Gasteiger charge is -2.36. The lowest BCUT2D eigenvalue weighted by molar-refractivity contribution is 0.165. The van der Waals surface area contributed by atoms with Crippen LogP contribution in [-0.2, 0) is 19.5 Å². The molecule has 0 unspecified atom stereocenters. The van der Waals surface area contributed by atoms with Gasteiger partial charge in [0.15, 0.2) is 0 Å². The number of aromatic nitrogens is 4. The lowest BCUT2D eigenvalue weighted by atomic mass is 9.98. The van der Waals surface area contributed by atoms with Crippen molar-refractivity contribution in [3.05, 3.63) is 34.4 Å². The summed E-state index contributed by atoms with van der Waals surface area (Å²) in [6.45, 7) is 10.8. The van der Waals surface area contributed by atoms with Gasteiger partial charge in [-0.3, -0.25) is 9.58 Å². The molecule has 2 fully saturated rings. The standard InChI is InChI=1S/C22H32N6/c1-4-9-28-16(3)19(15(2)25-28)14-27-17-7-8-21(27)18-13-23-22(24-20(18)12-17)26-10-5-6-11-26/h13,17,21H,4-12,14H2,1-3H3/t17-,21+/m0/s1. The molecule has 6 heteroatoms. The summed E-state index contributed by atoms with van der Waals surface area (Å²) in [6.07, 6.45) is 9.35. The number of rotatable bonds is 5. The Labute approximate surface area is 168 Å². The molecule has 28 heavy (non-hydrogen) atoms. The molecule has 0 N–H and O–H groups in total. The Bertz CT molecular complexity index is 866. The minimum atomic E-state index is 0.467. The fraction of sp³-hybridized carbons (Fsp3) is 0.682. The minimum Gasteiger partial charge on any atom is -0.341 e. The van der Waals surface area contributed by atoms with Crippen molar-refractivity contribution in [1.82, 2.24) is 24.6 Å². The summed E-state index contributed by atoms with van der Waals surface area (Å²) in [4.78, 5) is 14.8. The summed E-state index contributed by atoms with van der Waals surface area (Å²) in [6, 6.07) is 1.07. The highest BCUT2D eigenvalue weighted by molar-refractivity contribution is 5.38. The van der Waals surface area contributed by atoms with Gasteiger partial charge in [0.05, 0.1) is 11.4 Å². The van der Waals surface area contributed by atoms with E-state index < -0.39 is 0 Å². The number of fused-ring (bicyclic) bond motifs is 4. The first-order valence-electron chi connectivity index (χ1n) is 11.0. The molecule has 3 aliphatic rings. The van der Waals surface area contributed by atoms with Crippen molar-refractivity contribution in [2.45, 2.75) is 84.5 Å². The summed E-state index contributed by atoms with van der Waals surface area (Å²) in [7, 11) is 0. The molecule has 0 aromatic carbocycles. The number of hydrogen-bond acceptors (Lipinski definition) is 5. The van der Waals surface area contributed by atoms with E-state index in [0.29, 0.717) is 12.1 Å². The van der Waals surface area contributed by atoms with Crippen LogP contribution in [-0.4, -0.2) is 43.8 Å². The molecular formula is C22H32N6. The highest BCUT2D eigenvalue weighted by atomic mass is 15.3. The van der Waals surface area contributed by atoms with Gasteiger partial charge in [0.2, 0.25) is 5.95 Å². The molecule has 0 saturated carbocycles. The number of nitrogens with zero attached hydrogens (tertiary/aromatic N) is 6. The van der Waals surface area contributed by atoms with Crippen LogP contribution in [0.25, 0.3) is 0 Å². The normalized spacial score (nSPS) is 24.2. The van der Waals surface area contributed by atoms with Gasteiger partial charge in [0, 0.05) is 67.7 Å². The van der Waals surface area contributed by atoms with Crippen molar-refractivity contribution in [2.24, 2.45) is 0 Å². The van der Waals surface area contributed by atoms with Crippen LogP contribution in [0.4, 0.5) is 5.95 Å². The van der Waals surface area contributed by atoms with E-state index >= 15 is 0 Å². The topological polar surface area (TPSA) is 50.1 Å². The molecule has 0 amide bonds. The molecule has 0 spiro atoms. The van der Waals surface area contributed by atoms with E-state index in [-0.39, 0.29) is 0 Å². The molecule has 2 bridgehead atoms. The van der Waals surface area contributed by atoms with Gasteiger partial charge >= 0.3 is 0 Å². The zero-order valence-electron chi connectivity index (χ0n) is 17.5. The van der Waals surface area contributed by atoms with E-state index in [1.165, 1.54) is 53.9 Å². The highest BCUT2D eigenvalue weighted by Crippen LogP contribution is 2.44. The third-order valence-electron chi connectivity index (χ3n) is 7.01. The maximum Gasteiger partial charge on any atom is 0.225 e. The van der Waals surface area contributed by atoms with E-state index in [1.807, 2.05) is 0 Å². The minimum absolute atomic E-state index is 0.467. The van der Waals surface area contributed by atoms with Crippen molar-refractivity contribution in [3.63, 3.8) is 0 Å². The Balaban J connectivity index is 1.41. The zero-order valence-corrected chi connectivity index (χ0v) is 17.5. The Hall–Kier alpha value is -1.95. The monoisotopic (exact) mass is 380 g/mol. The summed E-state index contributed by atoms with van der Waals surface area (Å²) in [5.41, 5.74) is 6.62. The quantitative estimate of drug-likeness (QED) is 0.794. The first kappa shape index (κ1) is 18.1. The van der Waals surface area contributed by atoms with Crippen molar-refractivity contribution in [1.29, 1.82) is 0 Å². The second-order valence-corrected chi connectivity index (χ2v) is 8.76. The van der Waals surface area contributed by atoms with Gasteiger partial charge in [-0.2, -0.15) is 5.10 Å². The second-order valence-electron chi connectivity index (χ2n) is 8.76. The molecule has 0 aliphatic carbocycles. The fourth-order valence-corrected chi connectivity index (χ4v) is 5.45. The second kappa shape index (κ2) is 7.14. The smallest absolute Gasteiger partial charge is 0.225 e. The Morgan fingerprint density at radius 1 is 1.14 bits per heavy atom. The zero-order chi connectivity index (χ0) is 19.3. The SMILES string of the molecule is CCCn1nc(C)c(CN2[C@H]3CC[C@@H]2c2cnc(N4CCCC4)nc2C3)c1C. The van der Waals surface area contributed by atoms with Crippen LogP contribution in [0.15, 0.2) is 6.20 Å². The third-order valence-corrected chi connectivity index (χ3v) is 7.01. The Morgan fingerprint density at radius 2 is 1.96 bits per heavy atom. The van der Waals surface area contributed by atoms with Crippen molar-refractivity contribution in [2.75, 3.05) is 18.0 Å². The molecule has 5 heterocycles. The summed E-state index contributed by atoms with van der Waals surface area (Å²) < 4.78 is 2.19. The van der Waals surface area contributed by atoms with Gasteiger partial charge in [-0.25, -0.2) is 9.97 Å². The molecule has 2 saturated heterocycles. The molecule has 2 atom stereocenters. The lowest BCUT2D eigenvalue weighted by Crippen LogP contribution is -2.38. The van der Waals surface area contributed by atoms with E-state index in [9.17, 15) is 0 Å².